The number of piperidine rings is 2. The van der Waals surface area contributed by atoms with E-state index in [-0.39, 0.29) is 6.10 Å². The fraction of sp³-hybridized carbons (Fsp3) is 0.812. The van der Waals surface area contributed by atoms with E-state index in [9.17, 15) is 5.11 Å². The fourth-order valence-electron chi connectivity index (χ4n) is 7.59. The van der Waals surface area contributed by atoms with Crippen molar-refractivity contribution in [3.05, 3.63) is 36.5 Å². The number of hydrogen-bond donors (Lipinski definition) is 1. The molecule has 0 spiro atoms. The van der Waals surface area contributed by atoms with E-state index in [1.165, 1.54) is 129 Å². The summed E-state index contributed by atoms with van der Waals surface area (Å²) in [5.41, 5.74) is 0. The Hall–Kier alpha value is -0.900. The molecule has 0 saturated carbocycles. The maximum atomic E-state index is 10.7. The van der Waals surface area contributed by atoms with Crippen molar-refractivity contribution >= 4 is 0 Å². The van der Waals surface area contributed by atoms with E-state index in [0.29, 0.717) is 0 Å². The van der Waals surface area contributed by atoms with Gasteiger partial charge in [0.2, 0.25) is 0 Å². The highest BCUT2D eigenvalue weighted by molar-refractivity contribution is 5.12. The molecule has 3 unspecified atom stereocenters. The third kappa shape index (κ3) is 9.48. The van der Waals surface area contributed by atoms with E-state index in [2.05, 4.69) is 34.1 Å². The van der Waals surface area contributed by atoms with E-state index >= 15 is 0 Å². The zero-order valence-electron chi connectivity index (χ0n) is 22.5. The highest BCUT2D eigenvalue weighted by Gasteiger charge is 2.38. The number of aliphatic hydroxyl groups excluding tert-OH is 1. The van der Waals surface area contributed by atoms with Gasteiger partial charge in [-0.1, -0.05) is 94.2 Å². The quantitative estimate of drug-likeness (QED) is 0.403. The van der Waals surface area contributed by atoms with Crippen molar-refractivity contribution in [2.24, 2.45) is 23.7 Å². The van der Waals surface area contributed by atoms with Gasteiger partial charge in [0.15, 0.2) is 0 Å². The third-order valence-corrected chi connectivity index (χ3v) is 9.42. The van der Waals surface area contributed by atoms with E-state index in [1.807, 2.05) is 12.2 Å². The monoisotopic (exact) mass is 482 g/mol. The summed E-state index contributed by atoms with van der Waals surface area (Å²) in [6.45, 7) is 7.15. The minimum Gasteiger partial charge on any atom is -0.388 e. The van der Waals surface area contributed by atoms with Crippen molar-refractivity contribution in [1.82, 2.24) is 9.80 Å². The molecule has 4 saturated heterocycles. The van der Waals surface area contributed by atoms with E-state index in [1.54, 1.807) is 0 Å². The molecule has 7 atom stereocenters. The maximum absolute atomic E-state index is 10.7. The summed E-state index contributed by atoms with van der Waals surface area (Å²) in [6, 6.07) is 0. The van der Waals surface area contributed by atoms with Gasteiger partial charge in [-0.25, -0.2) is 0 Å². The number of aliphatic hydroxyl groups is 1. The Bertz CT molecular complexity index is 670. The minimum atomic E-state index is -0.361. The van der Waals surface area contributed by atoms with Gasteiger partial charge in [-0.15, -0.1) is 0 Å². The molecule has 5 aliphatic heterocycles. The van der Waals surface area contributed by atoms with Crippen molar-refractivity contribution in [1.29, 1.82) is 0 Å². The molecule has 0 aliphatic carbocycles. The highest BCUT2D eigenvalue weighted by atomic mass is 16.3. The molecule has 4 fully saturated rings. The van der Waals surface area contributed by atoms with Crippen molar-refractivity contribution in [2.45, 2.75) is 102 Å². The van der Waals surface area contributed by atoms with Crippen LogP contribution in [0.4, 0.5) is 0 Å². The molecule has 6 bridgehead atoms. The second-order valence-corrected chi connectivity index (χ2v) is 12.3. The van der Waals surface area contributed by atoms with Crippen LogP contribution in [0.1, 0.15) is 96.3 Å². The molecule has 3 heteroatoms. The lowest BCUT2D eigenvalue weighted by molar-refractivity contribution is 0.00987. The van der Waals surface area contributed by atoms with Gasteiger partial charge < -0.3 is 10.0 Å². The van der Waals surface area contributed by atoms with Crippen molar-refractivity contribution < 1.29 is 5.11 Å². The lowest BCUT2D eigenvalue weighted by Gasteiger charge is -2.47. The van der Waals surface area contributed by atoms with Crippen LogP contribution >= 0.6 is 0 Å². The third-order valence-electron chi connectivity index (χ3n) is 9.42. The van der Waals surface area contributed by atoms with Crippen LogP contribution in [0.25, 0.3) is 0 Å². The Balaban J connectivity index is 1.50. The fourth-order valence-corrected chi connectivity index (χ4v) is 7.59. The molecule has 35 heavy (non-hydrogen) atoms. The Morgan fingerprint density at radius 1 is 0.571 bits per heavy atom. The summed E-state index contributed by atoms with van der Waals surface area (Å²) in [6.07, 6.45) is 33.5. The van der Waals surface area contributed by atoms with Crippen LogP contribution in [0.3, 0.4) is 0 Å². The van der Waals surface area contributed by atoms with Gasteiger partial charge in [0, 0.05) is 26.2 Å². The molecule has 0 aromatic heterocycles. The molecule has 5 heterocycles. The number of rotatable bonds is 0. The van der Waals surface area contributed by atoms with Gasteiger partial charge in [0.1, 0.15) is 0 Å². The highest BCUT2D eigenvalue weighted by Crippen LogP contribution is 2.40. The second kappa shape index (κ2) is 15.4. The SMILES string of the molecule is OC1\C=C/C=C/C=C/CC[C@H]2CN3CCCCCCCCCCCC[C@H]4C[C@H](CN(C1)C4)[C@@H]2CC3. The van der Waals surface area contributed by atoms with Crippen LogP contribution in [-0.2, 0) is 0 Å². The van der Waals surface area contributed by atoms with Gasteiger partial charge in [-0.05, 0) is 75.3 Å². The van der Waals surface area contributed by atoms with Crippen LogP contribution in [0.15, 0.2) is 36.5 Å². The van der Waals surface area contributed by atoms with Gasteiger partial charge in [-0.3, -0.25) is 4.90 Å². The van der Waals surface area contributed by atoms with Crippen LogP contribution in [0.5, 0.6) is 0 Å². The summed E-state index contributed by atoms with van der Waals surface area (Å²) in [4.78, 5) is 5.46. The first-order valence-electron chi connectivity index (χ1n) is 15.4. The summed E-state index contributed by atoms with van der Waals surface area (Å²) < 4.78 is 0. The average Bonchev–Trinajstić information content (AvgIpc) is 2.85. The summed E-state index contributed by atoms with van der Waals surface area (Å²) in [5.74, 6) is 3.33. The van der Waals surface area contributed by atoms with E-state index < -0.39 is 0 Å². The predicted molar refractivity (Wildman–Crippen MR) is 150 cm³/mol. The average molecular weight is 483 g/mol. The van der Waals surface area contributed by atoms with Gasteiger partial charge in [0.05, 0.1) is 6.10 Å². The Kier molecular flexibility index (Phi) is 11.9. The van der Waals surface area contributed by atoms with Crippen LogP contribution < -0.4 is 0 Å². The van der Waals surface area contributed by atoms with Crippen LogP contribution in [0, 0.1) is 23.7 Å². The number of fused-ring (bicyclic) bond motifs is 13. The molecule has 198 valence electrons. The Labute approximate surface area is 216 Å². The van der Waals surface area contributed by atoms with Gasteiger partial charge in [-0.2, -0.15) is 0 Å². The summed E-state index contributed by atoms with van der Waals surface area (Å²) in [5, 5.41) is 10.7. The molecule has 0 aromatic carbocycles. The first kappa shape index (κ1) is 27.1. The molecule has 0 radical (unpaired) electrons. The predicted octanol–water partition coefficient (Wildman–Crippen LogP) is 6.99. The normalized spacial score (nSPS) is 41.6. The lowest BCUT2D eigenvalue weighted by Crippen LogP contribution is -2.50. The second-order valence-electron chi connectivity index (χ2n) is 12.3. The molecule has 1 N–H and O–H groups in total. The van der Waals surface area contributed by atoms with Gasteiger partial charge in [0.25, 0.3) is 0 Å². The van der Waals surface area contributed by atoms with Crippen LogP contribution in [-0.4, -0.2) is 60.3 Å². The largest absolute Gasteiger partial charge is 0.388 e. The van der Waals surface area contributed by atoms with Crippen LogP contribution in [0.2, 0.25) is 0 Å². The molecule has 3 nitrogen and oxygen atoms in total. The maximum Gasteiger partial charge on any atom is 0.0850 e. The van der Waals surface area contributed by atoms with Crippen molar-refractivity contribution in [3.63, 3.8) is 0 Å². The molecular weight excluding hydrogens is 428 g/mol. The summed E-state index contributed by atoms with van der Waals surface area (Å²) in [7, 11) is 0. The van der Waals surface area contributed by atoms with Gasteiger partial charge >= 0.3 is 0 Å². The smallest absolute Gasteiger partial charge is 0.0850 e. The van der Waals surface area contributed by atoms with Crippen molar-refractivity contribution in [3.8, 4) is 0 Å². The van der Waals surface area contributed by atoms with E-state index in [0.717, 1.165) is 30.2 Å². The van der Waals surface area contributed by atoms with E-state index in [4.69, 9.17) is 0 Å². The number of allylic oxidation sites excluding steroid dienone is 5. The lowest BCUT2D eigenvalue weighted by atomic mass is 9.69. The Morgan fingerprint density at radius 3 is 2.11 bits per heavy atom. The Morgan fingerprint density at radius 2 is 1.29 bits per heavy atom. The standard InChI is InChI=1S/C32H54N2O/c35-31-19-15-11-7-6-10-14-18-29-25-33-21-16-12-8-4-2-1-3-5-9-13-17-28-23-30(32(29)20-22-33)26-34(24-28)27-31/h6-7,10-11,15,19,28-32,35H,1-5,8-9,12-14,16-18,20-27H2/b10-6+,11-7+,19-15-/t28-,29-,30+,31?,32+/m0/s1. The summed E-state index contributed by atoms with van der Waals surface area (Å²) >= 11 is 0. The molecule has 0 aromatic rings. The molecule has 5 rings (SSSR count). The molecule has 5 aliphatic rings. The zero-order chi connectivity index (χ0) is 24.1. The molecular formula is C32H54N2O. The first-order valence-corrected chi connectivity index (χ1v) is 15.4. The zero-order valence-corrected chi connectivity index (χ0v) is 22.5. The number of nitrogens with zero attached hydrogens (tertiary/aromatic N) is 2. The minimum absolute atomic E-state index is 0.361. The number of hydrogen-bond acceptors (Lipinski definition) is 3. The topological polar surface area (TPSA) is 26.7 Å². The van der Waals surface area contributed by atoms with Crippen molar-refractivity contribution in [2.75, 3.05) is 39.3 Å². The molecule has 0 amide bonds. The first-order chi connectivity index (χ1) is 17.3.